The SMILES string of the molecule is O=C(Cc1c[nH]c2c(F)cccc12)NCc1ccc(F)cc1. The van der Waals surface area contributed by atoms with Crippen molar-refractivity contribution in [3.05, 3.63) is 71.4 Å². The molecule has 0 radical (unpaired) electrons. The number of amides is 1. The summed E-state index contributed by atoms with van der Waals surface area (Å²) in [6.45, 7) is 0.329. The molecule has 0 aliphatic carbocycles. The summed E-state index contributed by atoms with van der Waals surface area (Å²) in [6.07, 6.45) is 1.80. The summed E-state index contributed by atoms with van der Waals surface area (Å²) in [5, 5.41) is 3.47. The summed E-state index contributed by atoms with van der Waals surface area (Å²) in [6, 6.07) is 10.7. The number of aromatic amines is 1. The molecule has 3 rings (SSSR count). The largest absolute Gasteiger partial charge is 0.359 e. The van der Waals surface area contributed by atoms with E-state index in [2.05, 4.69) is 10.3 Å². The van der Waals surface area contributed by atoms with Crippen molar-refractivity contribution in [2.24, 2.45) is 0 Å². The minimum atomic E-state index is -0.338. The first-order valence-electron chi connectivity index (χ1n) is 6.89. The van der Waals surface area contributed by atoms with E-state index >= 15 is 0 Å². The molecule has 0 atom stereocenters. The molecule has 2 aromatic carbocycles. The van der Waals surface area contributed by atoms with Crippen molar-refractivity contribution in [3.63, 3.8) is 0 Å². The molecule has 0 aliphatic heterocycles. The summed E-state index contributed by atoms with van der Waals surface area (Å²) >= 11 is 0. The number of carbonyl (C=O) groups excluding carboxylic acids is 1. The van der Waals surface area contributed by atoms with Gasteiger partial charge in [-0.2, -0.15) is 0 Å². The standard InChI is InChI=1S/C17H14F2N2O/c18-13-6-4-11(5-7-13)9-20-16(22)8-12-10-21-17-14(12)2-1-3-15(17)19/h1-7,10,21H,8-9H2,(H,20,22). The molecule has 0 saturated heterocycles. The first-order valence-corrected chi connectivity index (χ1v) is 6.89. The van der Waals surface area contributed by atoms with Gasteiger partial charge in [-0.3, -0.25) is 4.79 Å². The molecule has 0 spiro atoms. The highest BCUT2D eigenvalue weighted by Gasteiger charge is 2.10. The van der Waals surface area contributed by atoms with Crippen LogP contribution in [0.5, 0.6) is 0 Å². The molecular weight excluding hydrogens is 286 g/mol. The third-order valence-electron chi connectivity index (χ3n) is 3.50. The van der Waals surface area contributed by atoms with Crippen molar-refractivity contribution in [3.8, 4) is 0 Å². The number of H-pyrrole nitrogens is 1. The van der Waals surface area contributed by atoms with E-state index in [-0.39, 0.29) is 24.0 Å². The number of rotatable bonds is 4. The van der Waals surface area contributed by atoms with Crippen LogP contribution >= 0.6 is 0 Å². The van der Waals surface area contributed by atoms with Crippen molar-refractivity contribution >= 4 is 16.8 Å². The summed E-state index contributed by atoms with van der Waals surface area (Å²) in [5.41, 5.74) is 1.97. The molecule has 0 fully saturated rings. The first kappa shape index (κ1) is 14.3. The molecule has 0 bridgehead atoms. The number of para-hydroxylation sites is 1. The van der Waals surface area contributed by atoms with Crippen LogP contribution in [0.3, 0.4) is 0 Å². The maximum atomic E-state index is 13.6. The monoisotopic (exact) mass is 300 g/mol. The normalized spacial score (nSPS) is 10.8. The number of aromatic nitrogens is 1. The summed E-state index contributed by atoms with van der Waals surface area (Å²) in [5.74, 6) is -0.819. The maximum Gasteiger partial charge on any atom is 0.224 e. The van der Waals surface area contributed by atoms with Crippen LogP contribution in [0.1, 0.15) is 11.1 Å². The summed E-state index contributed by atoms with van der Waals surface area (Å²) < 4.78 is 26.4. The lowest BCUT2D eigenvalue weighted by Gasteiger charge is -2.05. The van der Waals surface area contributed by atoms with Crippen molar-refractivity contribution in [1.29, 1.82) is 0 Å². The molecule has 3 aromatic rings. The van der Waals surface area contributed by atoms with Gasteiger partial charge in [0, 0.05) is 18.1 Å². The minimum absolute atomic E-state index is 0.157. The van der Waals surface area contributed by atoms with Gasteiger partial charge in [0.2, 0.25) is 5.91 Å². The molecule has 0 aliphatic rings. The lowest BCUT2D eigenvalue weighted by Crippen LogP contribution is -2.24. The van der Waals surface area contributed by atoms with Crippen LogP contribution in [-0.4, -0.2) is 10.9 Å². The van der Waals surface area contributed by atoms with Gasteiger partial charge in [-0.05, 0) is 29.3 Å². The Morgan fingerprint density at radius 1 is 1.09 bits per heavy atom. The number of fused-ring (bicyclic) bond motifs is 1. The van der Waals surface area contributed by atoms with Crippen LogP contribution in [0.25, 0.3) is 10.9 Å². The molecule has 0 unspecified atom stereocenters. The third kappa shape index (κ3) is 2.98. The second-order valence-corrected chi connectivity index (χ2v) is 5.06. The van der Waals surface area contributed by atoms with Gasteiger partial charge in [0.1, 0.15) is 11.6 Å². The van der Waals surface area contributed by atoms with Gasteiger partial charge in [-0.1, -0.05) is 24.3 Å². The Kier molecular flexibility index (Phi) is 3.87. The quantitative estimate of drug-likeness (QED) is 0.763. The van der Waals surface area contributed by atoms with E-state index in [9.17, 15) is 13.6 Å². The van der Waals surface area contributed by atoms with Crippen LogP contribution < -0.4 is 5.32 Å². The average Bonchev–Trinajstić information content (AvgIpc) is 2.91. The molecular formula is C17H14F2N2O. The van der Waals surface area contributed by atoms with Crippen LogP contribution in [-0.2, 0) is 17.8 Å². The van der Waals surface area contributed by atoms with E-state index < -0.39 is 0 Å². The Balaban J connectivity index is 1.66. The Hall–Kier alpha value is -2.69. The number of hydrogen-bond acceptors (Lipinski definition) is 1. The summed E-state index contributed by atoms with van der Waals surface area (Å²) in [4.78, 5) is 14.8. The van der Waals surface area contributed by atoms with Crippen molar-refractivity contribution in [1.82, 2.24) is 10.3 Å². The van der Waals surface area contributed by atoms with Gasteiger partial charge in [0.25, 0.3) is 0 Å². The predicted molar refractivity (Wildman–Crippen MR) is 80.2 cm³/mol. The Morgan fingerprint density at radius 3 is 2.64 bits per heavy atom. The van der Waals surface area contributed by atoms with Gasteiger partial charge >= 0.3 is 0 Å². The highest BCUT2D eigenvalue weighted by Crippen LogP contribution is 2.21. The lowest BCUT2D eigenvalue weighted by molar-refractivity contribution is -0.120. The zero-order valence-corrected chi connectivity index (χ0v) is 11.7. The molecule has 1 amide bonds. The topological polar surface area (TPSA) is 44.9 Å². The second kappa shape index (κ2) is 5.97. The molecule has 1 heterocycles. The number of halogens is 2. The first-order chi connectivity index (χ1) is 10.6. The summed E-state index contributed by atoms with van der Waals surface area (Å²) in [7, 11) is 0. The Bertz CT molecular complexity index is 809. The van der Waals surface area contributed by atoms with Gasteiger partial charge in [0.05, 0.1) is 11.9 Å². The van der Waals surface area contributed by atoms with Crippen LogP contribution in [0.15, 0.2) is 48.7 Å². The van der Waals surface area contributed by atoms with Crippen molar-refractivity contribution in [2.75, 3.05) is 0 Å². The van der Waals surface area contributed by atoms with Crippen molar-refractivity contribution in [2.45, 2.75) is 13.0 Å². The van der Waals surface area contributed by atoms with Crippen LogP contribution in [0.2, 0.25) is 0 Å². The fraction of sp³-hybridized carbons (Fsp3) is 0.118. The van der Waals surface area contributed by atoms with E-state index in [1.54, 1.807) is 30.5 Å². The van der Waals surface area contributed by atoms with E-state index in [1.807, 2.05) is 0 Å². The zero-order valence-electron chi connectivity index (χ0n) is 11.7. The second-order valence-electron chi connectivity index (χ2n) is 5.06. The fourth-order valence-corrected chi connectivity index (χ4v) is 2.36. The Morgan fingerprint density at radius 2 is 1.86 bits per heavy atom. The van der Waals surface area contributed by atoms with Crippen LogP contribution in [0, 0.1) is 11.6 Å². The lowest BCUT2D eigenvalue weighted by atomic mass is 10.1. The van der Waals surface area contributed by atoms with Gasteiger partial charge in [-0.15, -0.1) is 0 Å². The van der Waals surface area contributed by atoms with E-state index in [0.29, 0.717) is 17.4 Å². The van der Waals surface area contributed by atoms with Gasteiger partial charge < -0.3 is 10.3 Å². The number of hydrogen-bond donors (Lipinski definition) is 2. The van der Waals surface area contributed by atoms with E-state index in [1.165, 1.54) is 18.2 Å². The number of nitrogens with one attached hydrogen (secondary N) is 2. The third-order valence-corrected chi connectivity index (χ3v) is 3.50. The highest BCUT2D eigenvalue weighted by molar-refractivity contribution is 5.89. The molecule has 112 valence electrons. The van der Waals surface area contributed by atoms with Gasteiger partial charge in [0.15, 0.2) is 0 Å². The van der Waals surface area contributed by atoms with Gasteiger partial charge in [-0.25, -0.2) is 8.78 Å². The minimum Gasteiger partial charge on any atom is -0.359 e. The fourth-order valence-electron chi connectivity index (χ4n) is 2.36. The predicted octanol–water partition coefficient (Wildman–Crippen LogP) is 3.31. The Labute approximate surface area is 126 Å². The maximum absolute atomic E-state index is 13.6. The number of carbonyl (C=O) groups is 1. The smallest absolute Gasteiger partial charge is 0.224 e. The molecule has 1 aromatic heterocycles. The molecule has 0 saturated carbocycles. The number of benzene rings is 2. The highest BCUT2D eigenvalue weighted by atomic mass is 19.1. The van der Waals surface area contributed by atoms with Crippen LogP contribution in [0.4, 0.5) is 8.78 Å². The molecule has 22 heavy (non-hydrogen) atoms. The van der Waals surface area contributed by atoms with E-state index in [4.69, 9.17) is 0 Å². The molecule has 5 heteroatoms. The molecule has 3 nitrogen and oxygen atoms in total. The zero-order chi connectivity index (χ0) is 15.5. The van der Waals surface area contributed by atoms with Crippen molar-refractivity contribution < 1.29 is 13.6 Å². The van der Waals surface area contributed by atoms with E-state index in [0.717, 1.165) is 11.1 Å². The average molecular weight is 300 g/mol. The molecule has 2 N–H and O–H groups in total.